The molecule has 0 fully saturated rings. The van der Waals surface area contributed by atoms with Crippen LogP contribution in [0.15, 0.2) is 0 Å². The molecule has 0 aliphatic rings. The summed E-state index contributed by atoms with van der Waals surface area (Å²) < 4.78 is 9.66. The van der Waals surface area contributed by atoms with Crippen molar-refractivity contribution in [2.24, 2.45) is 0 Å². The second kappa shape index (κ2) is 11.9. The molecule has 0 rings (SSSR count). The fourth-order valence-corrected chi connectivity index (χ4v) is 0.675. The van der Waals surface area contributed by atoms with E-state index in [2.05, 4.69) is 10.1 Å². The van der Waals surface area contributed by atoms with Gasteiger partial charge in [-0.25, -0.2) is 0 Å². The SMILES string of the molecule is CC(=O)NCCOCCOCC(=O)[O-].[Na+]. The van der Waals surface area contributed by atoms with E-state index in [1.165, 1.54) is 6.92 Å². The summed E-state index contributed by atoms with van der Waals surface area (Å²) in [6, 6.07) is 0. The first kappa shape index (κ1) is 17.3. The van der Waals surface area contributed by atoms with Crippen molar-refractivity contribution in [1.29, 1.82) is 0 Å². The van der Waals surface area contributed by atoms with Gasteiger partial charge in [0.2, 0.25) is 5.91 Å². The average molecular weight is 227 g/mol. The quantitative estimate of drug-likeness (QED) is 0.331. The molecule has 0 aliphatic heterocycles. The van der Waals surface area contributed by atoms with Crippen molar-refractivity contribution in [2.45, 2.75) is 6.92 Å². The van der Waals surface area contributed by atoms with Crippen LogP contribution in [-0.4, -0.2) is 44.8 Å². The minimum atomic E-state index is -1.25. The molecule has 1 amide bonds. The second-order valence-electron chi connectivity index (χ2n) is 2.52. The molecule has 0 unspecified atom stereocenters. The van der Waals surface area contributed by atoms with Gasteiger partial charge < -0.3 is 24.7 Å². The van der Waals surface area contributed by atoms with Crippen LogP contribution in [0.5, 0.6) is 0 Å². The Labute approximate surface area is 111 Å². The van der Waals surface area contributed by atoms with E-state index in [1.54, 1.807) is 0 Å². The van der Waals surface area contributed by atoms with Crippen LogP contribution in [0.25, 0.3) is 0 Å². The van der Waals surface area contributed by atoms with Crippen molar-refractivity contribution >= 4 is 11.9 Å². The standard InChI is InChI=1S/C8H15NO5.Na/c1-7(10)9-2-3-13-4-5-14-6-8(11)12;/h2-6H2,1H3,(H,9,10)(H,11,12);/q;+1/p-1. The van der Waals surface area contributed by atoms with Gasteiger partial charge in [0.25, 0.3) is 0 Å². The van der Waals surface area contributed by atoms with Crippen LogP contribution >= 0.6 is 0 Å². The summed E-state index contributed by atoms with van der Waals surface area (Å²) >= 11 is 0. The van der Waals surface area contributed by atoms with E-state index in [0.717, 1.165) is 0 Å². The van der Waals surface area contributed by atoms with E-state index in [9.17, 15) is 14.7 Å². The summed E-state index contributed by atoms with van der Waals surface area (Å²) in [5.41, 5.74) is 0. The van der Waals surface area contributed by atoms with Gasteiger partial charge in [-0.1, -0.05) is 0 Å². The Kier molecular flexibility index (Phi) is 13.7. The fourth-order valence-electron chi connectivity index (χ4n) is 0.675. The van der Waals surface area contributed by atoms with Crippen LogP contribution < -0.4 is 40.0 Å². The van der Waals surface area contributed by atoms with Gasteiger partial charge in [0, 0.05) is 13.5 Å². The maximum absolute atomic E-state index is 10.4. The fraction of sp³-hybridized carbons (Fsp3) is 0.750. The second-order valence-corrected chi connectivity index (χ2v) is 2.52. The molecule has 0 aromatic carbocycles. The van der Waals surface area contributed by atoms with Crippen molar-refractivity contribution in [1.82, 2.24) is 5.32 Å². The molecule has 0 spiro atoms. The zero-order chi connectivity index (χ0) is 10.8. The van der Waals surface area contributed by atoms with E-state index in [-0.39, 0.29) is 42.1 Å². The minimum Gasteiger partial charge on any atom is -0.548 e. The Morgan fingerprint density at radius 1 is 1.20 bits per heavy atom. The van der Waals surface area contributed by atoms with Gasteiger partial charge in [0.1, 0.15) is 0 Å². The molecule has 6 nitrogen and oxygen atoms in total. The van der Waals surface area contributed by atoms with Crippen molar-refractivity contribution in [3.63, 3.8) is 0 Å². The van der Waals surface area contributed by atoms with Gasteiger partial charge in [-0.15, -0.1) is 0 Å². The first-order chi connectivity index (χ1) is 6.63. The first-order valence-electron chi connectivity index (χ1n) is 4.22. The van der Waals surface area contributed by atoms with Crippen LogP contribution in [0, 0.1) is 0 Å². The smallest absolute Gasteiger partial charge is 0.548 e. The molecular weight excluding hydrogens is 213 g/mol. The molecule has 0 atom stereocenters. The van der Waals surface area contributed by atoms with Crippen molar-refractivity contribution < 1.29 is 53.7 Å². The van der Waals surface area contributed by atoms with Crippen LogP contribution in [-0.2, 0) is 19.1 Å². The Hall–Kier alpha value is -0.140. The van der Waals surface area contributed by atoms with E-state index in [4.69, 9.17) is 4.74 Å². The third-order valence-electron chi connectivity index (χ3n) is 1.21. The number of hydrogen-bond donors (Lipinski definition) is 1. The monoisotopic (exact) mass is 227 g/mol. The van der Waals surface area contributed by atoms with Gasteiger partial charge in [0.05, 0.1) is 32.4 Å². The van der Waals surface area contributed by atoms with E-state index in [0.29, 0.717) is 19.8 Å². The molecule has 0 heterocycles. The molecule has 0 saturated carbocycles. The zero-order valence-electron chi connectivity index (χ0n) is 9.08. The van der Waals surface area contributed by atoms with Gasteiger partial charge in [-0.05, 0) is 0 Å². The number of ether oxygens (including phenoxy) is 2. The first-order valence-corrected chi connectivity index (χ1v) is 4.22. The number of carboxylic acid groups (broad SMARTS) is 1. The predicted octanol–water partition coefficient (Wildman–Crippen LogP) is -5.09. The Balaban J connectivity index is 0. The number of aliphatic carboxylic acids is 1. The number of carbonyl (C=O) groups excluding carboxylic acids is 2. The zero-order valence-corrected chi connectivity index (χ0v) is 11.1. The van der Waals surface area contributed by atoms with E-state index in [1.807, 2.05) is 0 Å². The Bertz CT molecular complexity index is 168. The van der Waals surface area contributed by atoms with Crippen molar-refractivity contribution in [2.75, 3.05) is 33.0 Å². The Morgan fingerprint density at radius 3 is 2.33 bits per heavy atom. The maximum Gasteiger partial charge on any atom is 1.00 e. The topological polar surface area (TPSA) is 87.7 Å². The number of carboxylic acids is 1. The summed E-state index contributed by atoms with van der Waals surface area (Å²) in [5.74, 6) is -1.36. The van der Waals surface area contributed by atoms with Crippen molar-refractivity contribution in [3.8, 4) is 0 Å². The number of amides is 1. The van der Waals surface area contributed by atoms with E-state index >= 15 is 0 Å². The molecular formula is C8H14NNaO5. The average Bonchev–Trinajstić information content (AvgIpc) is 2.08. The maximum atomic E-state index is 10.4. The molecule has 0 bridgehead atoms. The molecule has 15 heavy (non-hydrogen) atoms. The summed E-state index contributed by atoms with van der Waals surface area (Å²) in [6.45, 7) is 2.32. The minimum absolute atomic E-state index is 0. The van der Waals surface area contributed by atoms with Gasteiger partial charge in [0.15, 0.2) is 0 Å². The third-order valence-corrected chi connectivity index (χ3v) is 1.21. The van der Waals surface area contributed by atoms with Crippen LogP contribution in [0.1, 0.15) is 6.92 Å². The largest absolute Gasteiger partial charge is 1.00 e. The number of rotatable bonds is 8. The summed E-state index contributed by atoms with van der Waals surface area (Å²) in [5, 5.41) is 12.4. The number of carbonyl (C=O) groups is 2. The van der Waals surface area contributed by atoms with Crippen LogP contribution in [0.4, 0.5) is 0 Å². The molecule has 0 aliphatic carbocycles. The molecule has 0 radical (unpaired) electrons. The molecule has 0 saturated heterocycles. The molecule has 0 aromatic rings. The summed E-state index contributed by atoms with van der Waals surface area (Å²) in [6.07, 6.45) is 0. The number of hydrogen-bond acceptors (Lipinski definition) is 5. The Morgan fingerprint density at radius 2 is 1.80 bits per heavy atom. The van der Waals surface area contributed by atoms with Crippen LogP contribution in [0.2, 0.25) is 0 Å². The number of nitrogens with one attached hydrogen (secondary N) is 1. The molecule has 1 N–H and O–H groups in total. The summed E-state index contributed by atoms with van der Waals surface area (Å²) in [4.78, 5) is 20.3. The third kappa shape index (κ3) is 16.5. The molecule has 0 aromatic heterocycles. The molecule has 82 valence electrons. The van der Waals surface area contributed by atoms with Gasteiger partial charge in [-0.2, -0.15) is 0 Å². The summed E-state index contributed by atoms with van der Waals surface area (Å²) in [7, 11) is 0. The van der Waals surface area contributed by atoms with E-state index < -0.39 is 12.6 Å². The van der Waals surface area contributed by atoms with Gasteiger partial charge >= 0.3 is 29.6 Å². The van der Waals surface area contributed by atoms with Crippen LogP contribution in [0.3, 0.4) is 0 Å². The molecule has 7 heteroatoms. The van der Waals surface area contributed by atoms with Crippen molar-refractivity contribution in [3.05, 3.63) is 0 Å². The predicted molar refractivity (Wildman–Crippen MR) is 45.3 cm³/mol. The normalized spacial score (nSPS) is 9.13. The van der Waals surface area contributed by atoms with Gasteiger partial charge in [-0.3, -0.25) is 4.79 Å².